The van der Waals surface area contributed by atoms with Gasteiger partial charge in [0.25, 0.3) is 0 Å². The summed E-state index contributed by atoms with van der Waals surface area (Å²) in [5, 5.41) is 0.760. The average Bonchev–Trinajstić information content (AvgIpc) is 2.81. The Bertz CT molecular complexity index is 318. The van der Waals surface area contributed by atoms with Gasteiger partial charge in [-0.1, -0.05) is 18.3 Å². The monoisotopic (exact) mass is 258 g/mol. The van der Waals surface area contributed by atoms with E-state index >= 15 is 0 Å². The molecule has 0 radical (unpaired) electrons. The molecular weight excluding hydrogens is 236 g/mol. The van der Waals surface area contributed by atoms with Crippen molar-refractivity contribution >= 4 is 16.5 Å². The van der Waals surface area contributed by atoms with E-state index < -0.39 is 0 Å². The van der Waals surface area contributed by atoms with Crippen molar-refractivity contribution in [2.75, 3.05) is 25.7 Å². The van der Waals surface area contributed by atoms with Gasteiger partial charge in [-0.2, -0.15) is 0 Å². The first-order valence-electron chi connectivity index (χ1n) is 5.85. The molecule has 0 aromatic carbocycles. The zero-order valence-electron chi connectivity index (χ0n) is 10.8. The van der Waals surface area contributed by atoms with E-state index in [1.165, 1.54) is 4.88 Å². The standard InChI is InChI=1S/C11H22N4OS/c1-4-9(2)15(5-6-16-3)8-10-7-13-11(14-12)17-10/h7,9H,4-6,8,12H2,1-3H3,(H,13,14). The topological polar surface area (TPSA) is 63.4 Å². The minimum atomic E-state index is 0.543. The number of nitrogens with one attached hydrogen (secondary N) is 1. The second-order valence-electron chi connectivity index (χ2n) is 4.00. The second kappa shape index (κ2) is 7.60. The fourth-order valence-corrected chi connectivity index (χ4v) is 2.32. The first kappa shape index (κ1) is 14.4. The third kappa shape index (κ3) is 4.59. The van der Waals surface area contributed by atoms with Gasteiger partial charge in [-0.3, -0.25) is 10.3 Å². The first-order chi connectivity index (χ1) is 8.21. The van der Waals surface area contributed by atoms with Crippen LogP contribution in [0.2, 0.25) is 0 Å². The van der Waals surface area contributed by atoms with E-state index in [9.17, 15) is 0 Å². The van der Waals surface area contributed by atoms with Gasteiger partial charge in [0, 0.05) is 37.3 Å². The smallest absolute Gasteiger partial charge is 0.197 e. The summed E-state index contributed by atoms with van der Waals surface area (Å²) in [6.07, 6.45) is 3.01. The molecule has 17 heavy (non-hydrogen) atoms. The molecule has 0 fully saturated rings. The number of nitrogens with zero attached hydrogens (tertiary/aromatic N) is 2. The Morgan fingerprint density at radius 1 is 1.65 bits per heavy atom. The molecule has 0 bridgehead atoms. The van der Waals surface area contributed by atoms with Gasteiger partial charge < -0.3 is 4.74 Å². The lowest BCUT2D eigenvalue weighted by Gasteiger charge is -2.27. The molecule has 3 N–H and O–H groups in total. The zero-order chi connectivity index (χ0) is 12.7. The summed E-state index contributed by atoms with van der Waals surface area (Å²) < 4.78 is 5.14. The maximum atomic E-state index is 5.32. The van der Waals surface area contributed by atoms with Crippen LogP contribution in [0.25, 0.3) is 0 Å². The van der Waals surface area contributed by atoms with Crippen LogP contribution in [0.4, 0.5) is 5.13 Å². The highest BCUT2D eigenvalue weighted by Gasteiger charge is 2.13. The molecule has 1 unspecified atom stereocenters. The van der Waals surface area contributed by atoms with E-state index in [4.69, 9.17) is 10.6 Å². The van der Waals surface area contributed by atoms with Gasteiger partial charge >= 0.3 is 0 Å². The summed E-state index contributed by atoms with van der Waals surface area (Å²) in [4.78, 5) is 7.79. The van der Waals surface area contributed by atoms with E-state index in [1.54, 1.807) is 18.4 Å². The van der Waals surface area contributed by atoms with Gasteiger partial charge in [-0.05, 0) is 13.3 Å². The Morgan fingerprint density at radius 2 is 2.41 bits per heavy atom. The molecule has 0 saturated carbocycles. The van der Waals surface area contributed by atoms with E-state index in [1.807, 2.05) is 6.20 Å². The fourth-order valence-electron chi connectivity index (χ4n) is 1.57. The van der Waals surface area contributed by atoms with Crippen LogP contribution >= 0.6 is 11.3 Å². The molecular formula is C11H22N4OS. The van der Waals surface area contributed by atoms with Crippen LogP contribution < -0.4 is 11.3 Å². The molecule has 98 valence electrons. The molecule has 6 heteroatoms. The Labute approximate surface area is 107 Å². The van der Waals surface area contributed by atoms with Crippen molar-refractivity contribution < 1.29 is 4.74 Å². The van der Waals surface area contributed by atoms with E-state index in [-0.39, 0.29) is 0 Å². The third-order valence-corrected chi connectivity index (χ3v) is 3.75. The highest BCUT2D eigenvalue weighted by Crippen LogP contribution is 2.20. The predicted octanol–water partition coefficient (Wildman–Crippen LogP) is 1.68. The maximum Gasteiger partial charge on any atom is 0.197 e. The van der Waals surface area contributed by atoms with Crippen molar-refractivity contribution in [3.63, 3.8) is 0 Å². The number of hydrogen-bond donors (Lipinski definition) is 2. The fraction of sp³-hybridized carbons (Fsp3) is 0.727. The normalized spacial score (nSPS) is 13.0. The van der Waals surface area contributed by atoms with Crippen molar-refractivity contribution in [3.05, 3.63) is 11.1 Å². The molecule has 0 spiro atoms. The zero-order valence-corrected chi connectivity index (χ0v) is 11.6. The van der Waals surface area contributed by atoms with Crippen LogP contribution in [0, 0.1) is 0 Å². The average molecular weight is 258 g/mol. The molecule has 5 nitrogen and oxygen atoms in total. The van der Waals surface area contributed by atoms with Crippen molar-refractivity contribution in [2.24, 2.45) is 5.84 Å². The Morgan fingerprint density at radius 3 is 2.94 bits per heavy atom. The SMILES string of the molecule is CCC(C)N(CCOC)Cc1cnc(NN)s1. The van der Waals surface area contributed by atoms with Crippen molar-refractivity contribution in [3.8, 4) is 0 Å². The summed E-state index contributed by atoms with van der Waals surface area (Å²) in [6, 6.07) is 0.543. The van der Waals surface area contributed by atoms with Gasteiger partial charge in [0.2, 0.25) is 0 Å². The number of hydrogen-bond acceptors (Lipinski definition) is 6. The van der Waals surface area contributed by atoms with Crippen LogP contribution in [-0.4, -0.2) is 36.2 Å². The lowest BCUT2D eigenvalue weighted by Crippen LogP contribution is -2.34. The first-order valence-corrected chi connectivity index (χ1v) is 6.67. The summed E-state index contributed by atoms with van der Waals surface area (Å²) in [5.74, 6) is 5.32. The van der Waals surface area contributed by atoms with Gasteiger partial charge in [-0.25, -0.2) is 10.8 Å². The molecule has 0 amide bonds. The van der Waals surface area contributed by atoms with Crippen LogP contribution in [0.3, 0.4) is 0 Å². The van der Waals surface area contributed by atoms with Gasteiger partial charge in [0.1, 0.15) is 0 Å². The molecule has 0 aliphatic heterocycles. The van der Waals surface area contributed by atoms with Crippen LogP contribution in [0.5, 0.6) is 0 Å². The largest absolute Gasteiger partial charge is 0.383 e. The molecule has 1 aromatic rings. The molecule has 0 saturated heterocycles. The number of nitrogens with two attached hydrogens (primary N) is 1. The maximum absolute atomic E-state index is 5.32. The Kier molecular flexibility index (Phi) is 6.43. The number of nitrogen functional groups attached to an aromatic ring is 1. The van der Waals surface area contributed by atoms with Crippen LogP contribution in [-0.2, 0) is 11.3 Å². The molecule has 1 atom stereocenters. The summed E-state index contributed by atoms with van der Waals surface area (Å²) in [7, 11) is 1.73. The van der Waals surface area contributed by atoms with Crippen LogP contribution in [0.1, 0.15) is 25.1 Å². The van der Waals surface area contributed by atoms with Gasteiger partial charge in [-0.15, -0.1) is 0 Å². The molecule has 1 aromatic heterocycles. The lowest BCUT2D eigenvalue weighted by molar-refractivity contribution is 0.118. The molecule has 1 heterocycles. The minimum absolute atomic E-state index is 0.543. The Hall–Kier alpha value is -0.690. The van der Waals surface area contributed by atoms with Gasteiger partial charge in [0.15, 0.2) is 5.13 Å². The van der Waals surface area contributed by atoms with Crippen LogP contribution in [0.15, 0.2) is 6.20 Å². The van der Waals surface area contributed by atoms with Gasteiger partial charge in [0.05, 0.1) is 6.61 Å². The van der Waals surface area contributed by atoms with E-state index in [0.717, 1.165) is 31.2 Å². The second-order valence-corrected chi connectivity index (χ2v) is 5.11. The summed E-state index contributed by atoms with van der Waals surface area (Å²) in [5.41, 5.74) is 2.57. The van der Waals surface area contributed by atoms with Crippen molar-refractivity contribution in [1.29, 1.82) is 0 Å². The lowest BCUT2D eigenvalue weighted by atomic mass is 10.2. The molecule has 1 rings (SSSR count). The van der Waals surface area contributed by atoms with Crippen molar-refractivity contribution in [1.82, 2.24) is 9.88 Å². The quantitative estimate of drug-likeness (QED) is 0.548. The van der Waals surface area contributed by atoms with E-state index in [0.29, 0.717) is 6.04 Å². The number of thiazole rings is 1. The highest BCUT2D eigenvalue weighted by atomic mass is 32.1. The summed E-state index contributed by atoms with van der Waals surface area (Å²) in [6.45, 7) is 7.03. The Balaban J connectivity index is 2.57. The number of anilines is 1. The molecule has 0 aliphatic rings. The van der Waals surface area contributed by atoms with Crippen molar-refractivity contribution in [2.45, 2.75) is 32.9 Å². The number of aromatic nitrogens is 1. The number of hydrazine groups is 1. The number of methoxy groups -OCH3 is 1. The number of rotatable bonds is 8. The third-order valence-electron chi connectivity index (χ3n) is 2.83. The predicted molar refractivity (Wildman–Crippen MR) is 72.0 cm³/mol. The van der Waals surface area contributed by atoms with E-state index in [2.05, 4.69) is 29.2 Å². The molecule has 0 aliphatic carbocycles. The summed E-state index contributed by atoms with van der Waals surface area (Å²) >= 11 is 1.59. The highest BCUT2D eigenvalue weighted by molar-refractivity contribution is 7.15. The number of ether oxygens (including phenoxy) is 1. The minimum Gasteiger partial charge on any atom is -0.383 e.